The van der Waals surface area contributed by atoms with Gasteiger partial charge in [-0.1, -0.05) is 0 Å². The van der Waals surface area contributed by atoms with E-state index in [1.165, 1.54) is 30.5 Å². The van der Waals surface area contributed by atoms with Crippen molar-refractivity contribution in [2.45, 2.75) is 39.3 Å². The van der Waals surface area contributed by atoms with Crippen LogP contribution < -0.4 is 5.32 Å². The van der Waals surface area contributed by atoms with E-state index in [-0.39, 0.29) is 5.69 Å². The van der Waals surface area contributed by atoms with Gasteiger partial charge in [-0.2, -0.15) is 5.10 Å². The summed E-state index contributed by atoms with van der Waals surface area (Å²) in [5, 5.41) is 18.8. The Morgan fingerprint density at radius 1 is 1.33 bits per heavy atom. The summed E-state index contributed by atoms with van der Waals surface area (Å²) in [5.74, 6) is 0. The highest BCUT2D eigenvalue weighted by molar-refractivity contribution is 5.42. The molecule has 1 N–H and O–H groups in total. The molecule has 6 nitrogen and oxygen atoms in total. The molecule has 1 aromatic heterocycles. The summed E-state index contributed by atoms with van der Waals surface area (Å²) >= 11 is 0. The Bertz CT molecular complexity index is 672. The molecule has 0 spiro atoms. The molecule has 1 aromatic carbocycles. The SMILES string of the molecule is Cc1nn(-c2ccc([N+](=O)[O-])cc2)c(C)c1CNC1CC1. The van der Waals surface area contributed by atoms with Crippen LogP contribution in [0.1, 0.15) is 29.8 Å². The molecule has 0 radical (unpaired) electrons. The van der Waals surface area contributed by atoms with E-state index in [2.05, 4.69) is 10.4 Å². The Morgan fingerprint density at radius 2 is 2.00 bits per heavy atom. The van der Waals surface area contributed by atoms with Gasteiger partial charge < -0.3 is 5.32 Å². The first-order valence-electron chi connectivity index (χ1n) is 7.09. The smallest absolute Gasteiger partial charge is 0.269 e. The highest BCUT2D eigenvalue weighted by Crippen LogP contribution is 2.23. The maximum Gasteiger partial charge on any atom is 0.269 e. The summed E-state index contributed by atoms with van der Waals surface area (Å²) in [6.07, 6.45) is 2.52. The van der Waals surface area contributed by atoms with Crippen molar-refractivity contribution in [3.8, 4) is 5.69 Å². The first-order valence-corrected chi connectivity index (χ1v) is 7.09. The zero-order valence-corrected chi connectivity index (χ0v) is 12.2. The highest BCUT2D eigenvalue weighted by Gasteiger charge is 2.22. The predicted molar refractivity (Wildman–Crippen MR) is 79.6 cm³/mol. The van der Waals surface area contributed by atoms with Crippen LogP contribution in [0.15, 0.2) is 24.3 Å². The molecule has 1 aliphatic carbocycles. The number of nitro groups is 1. The number of aryl methyl sites for hydroxylation is 1. The van der Waals surface area contributed by atoms with E-state index in [1.807, 2.05) is 18.5 Å². The third-order valence-corrected chi connectivity index (χ3v) is 3.89. The summed E-state index contributed by atoms with van der Waals surface area (Å²) in [5.41, 5.74) is 4.23. The monoisotopic (exact) mass is 286 g/mol. The molecule has 3 rings (SSSR count). The van der Waals surface area contributed by atoms with Crippen LogP contribution in [0.5, 0.6) is 0 Å². The molecule has 0 unspecified atom stereocenters. The average molecular weight is 286 g/mol. The minimum absolute atomic E-state index is 0.0934. The maximum absolute atomic E-state index is 10.7. The predicted octanol–water partition coefficient (Wildman–Crippen LogP) is 2.65. The largest absolute Gasteiger partial charge is 0.310 e. The average Bonchev–Trinajstić information content (AvgIpc) is 3.24. The number of non-ortho nitro benzene ring substituents is 1. The van der Waals surface area contributed by atoms with Gasteiger partial charge in [-0.05, 0) is 38.8 Å². The molecule has 0 bridgehead atoms. The molecular formula is C15H18N4O2. The van der Waals surface area contributed by atoms with Crippen LogP contribution in [-0.4, -0.2) is 20.7 Å². The molecule has 110 valence electrons. The van der Waals surface area contributed by atoms with Gasteiger partial charge in [0, 0.05) is 36.0 Å². The van der Waals surface area contributed by atoms with E-state index in [4.69, 9.17) is 0 Å². The summed E-state index contributed by atoms with van der Waals surface area (Å²) < 4.78 is 1.85. The lowest BCUT2D eigenvalue weighted by Crippen LogP contribution is -2.16. The summed E-state index contributed by atoms with van der Waals surface area (Å²) in [6, 6.07) is 7.14. The molecule has 6 heteroatoms. The number of nitrogens with zero attached hydrogens (tertiary/aromatic N) is 3. The van der Waals surface area contributed by atoms with E-state index in [9.17, 15) is 10.1 Å². The second kappa shape index (κ2) is 5.29. The van der Waals surface area contributed by atoms with Crippen LogP contribution >= 0.6 is 0 Å². The molecule has 0 saturated heterocycles. The van der Waals surface area contributed by atoms with Gasteiger partial charge in [0.15, 0.2) is 0 Å². The first-order chi connectivity index (χ1) is 10.1. The van der Waals surface area contributed by atoms with Crippen LogP contribution in [0.4, 0.5) is 5.69 Å². The Kier molecular flexibility index (Phi) is 3.47. The Hall–Kier alpha value is -2.21. The fraction of sp³-hybridized carbons (Fsp3) is 0.400. The summed E-state index contributed by atoms with van der Waals surface area (Å²) in [4.78, 5) is 10.3. The van der Waals surface area contributed by atoms with Crippen LogP contribution in [0.25, 0.3) is 5.69 Å². The number of nitro benzene ring substituents is 1. The van der Waals surface area contributed by atoms with Crippen molar-refractivity contribution in [2.24, 2.45) is 0 Å². The minimum Gasteiger partial charge on any atom is -0.310 e. The van der Waals surface area contributed by atoms with Gasteiger partial charge in [0.2, 0.25) is 0 Å². The Labute approximate surface area is 122 Å². The van der Waals surface area contributed by atoms with Crippen LogP contribution in [0.3, 0.4) is 0 Å². The van der Waals surface area contributed by atoms with E-state index in [0.29, 0.717) is 6.04 Å². The normalized spacial score (nSPS) is 14.4. The van der Waals surface area contributed by atoms with Gasteiger partial charge in [0.05, 0.1) is 16.3 Å². The molecule has 0 aliphatic heterocycles. The van der Waals surface area contributed by atoms with E-state index in [0.717, 1.165) is 23.6 Å². The van der Waals surface area contributed by atoms with E-state index >= 15 is 0 Å². The lowest BCUT2D eigenvalue weighted by molar-refractivity contribution is -0.384. The molecular weight excluding hydrogens is 268 g/mol. The van der Waals surface area contributed by atoms with Crippen molar-refractivity contribution in [2.75, 3.05) is 0 Å². The van der Waals surface area contributed by atoms with Crippen molar-refractivity contribution in [1.29, 1.82) is 0 Å². The zero-order chi connectivity index (χ0) is 15.0. The fourth-order valence-corrected chi connectivity index (χ4v) is 2.43. The Balaban J connectivity index is 1.87. The van der Waals surface area contributed by atoms with Crippen LogP contribution in [0, 0.1) is 24.0 Å². The molecule has 1 heterocycles. The minimum atomic E-state index is -0.393. The molecule has 21 heavy (non-hydrogen) atoms. The topological polar surface area (TPSA) is 73.0 Å². The molecule has 1 aliphatic rings. The fourth-order valence-electron chi connectivity index (χ4n) is 2.43. The van der Waals surface area contributed by atoms with Gasteiger partial charge in [-0.15, -0.1) is 0 Å². The molecule has 1 saturated carbocycles. The second-order valence-electron chi connectivity index (χ2n) is 5.49. The lowest BCUT2D eigenvalue weighted by atomic mass is 10.2. The van der Waals surface area contributed by atoms with E-state index in [1.54, 1.807) is 12.1 Å². The number of rotatable bonds is 5. The number of nitrogens with one attached hydrogen (secondary N) is 1. The van der Waals surface area contributed by atoms with Gasteiger partial charge in [-0.25, -0.2) is 4.68 Å². The number of hydrogen-bond acceptors (Lipinski definition) is 4. The number of aromatic nitrogens is 2. The molecule has 0 amide bonds. The van der Waals surface area contributed by atoms with Gasteiger partial charge in [0.1, 0.15) is 0 Å². The van der Waals surface area contributed by atoms with Gasteiger partial charge >= 0.3 is 0 Å². The zero-order valence-electron chi connectivity index (χ0n) is 12.2. The molecule has 2 aromatic rings. The summed E-state index contributed by atoms with van der Waals surface area (Å²) in [7, 11) is 0. The van der Waals surface area contributed by atoms with Crippen molar-refractivity contribution < 1.29 is 4.92 Å². The van der Waals surface area contributed by atoms with Crippen molar-refractivity contribution in [3.05, 3.63) is 51.3 Å². The number of hydrogen-bond donors (Lipinski definition) is 1. The lowest BCUT2D eigenvalue weighted by Gasteiger charge is -2.06. The van der Waals surface area contributed by atoms with Gasteiger partial charge in [0.25, 0.3) is 5.69 Å². The van der Waals surface area contributed by atoms with Crippen LogP contribution in [-0.2, 0) is 6.54 Å². The van der Waals surface area contributed by atoms with E-state index < -0.39 is 4.92 Å². The van der Waals surface area contributed by atoms with Crippen molar-refractivity contribution >= 4 is 5.69 Å². The summed E-state index contributed by atoms with van der Waals surface area (Å²) in [6.45, 7) is 4.86. The van der Waals surface area contributed by atoms with Gasteiger partial charge in [-0.3, -0.25) is 10.1 Å². The Morgan fingerprint density at radius 3 is 2.57 bits per heavy atom. The molecule has 0 atom stereocenters. The van der Waals surface area contributed by atoms with Crippen LogP contribution in [0.2, 0.25) is 0 Å². The maximum atomic E-state index is 10.7. The van der Waals surface area contributed by atoms with Crippen molar-refractivity contribution in [3.63, 3.8) is 0 Å². The third kappa shape index (κ3) is 2.80. The second-order valence-corrected chi connectivity index (χ2v) is 5.49. The first kappa shape index (κ1) is 13.8. The number of benzene rings is 1. The quantitative estimate of drug-likeness (QED) is 0.677. The van der Waals surface area contributed by atoms with Crippen molar-refractivity contribution in [1.82, 2.24) is 15.1 Å². The highest BCUT2D eigenvalue weighted by atomic mass is 16.6. The third-order valence-electron chi connectivity index (χ3n) is 3.89. The standard InChI is InChI=1S/C15H18N4O2/c1-10-15(9-16-12-3-4-12)11(2)18(17-10)13-5-7-14(8-6-13)19(20)21/h5-8,12,16H,3-4,9H2,1-2H3. The molecule has 1 fully saturated rings.